The number of carbonyl (C=O) groups excluding carboxylic acids is 1. The van der Waals surface area contributed by atoms with Gasteiger partial charge in [0.1, 0.15) is 5.75 Å². The minimum absolute atomic E-state index is 0.0474. The van der Waals surface area contributed by atoms with Gasteiger partial charge in [-0.15, -0.1) is 0 Å². The van der Waals surface area contributed by atoms with Gasteiger partial charge in [0.05, 0.1) is 7.11 Å². The van der Waals surface area contributed by atoms with Gasteiger partial charge in [-0.25, -0.2) is 0 Å². The number of amides is 1. The van der Waals surface area contributed by atoms with Crippen molar-refractivity contribution >= 4 is 23.4 Å². The quantitative estimate of drug-likeness (QED) is 0.725. The lowest BCUT2D eigenvalue weighted by atomic mass is 10.0. The highest BCUT2D eigenvalue weighted by atomic mass is 32.2. The molecule has 150 valence electrons. The van der Waals surface area contributed by atoms with E-state index < -0.39 is 5.51 Å². The summed E-state index contributed by atoms with van der Waals surface area (Å²) in [5.74, 6) is 0.553. The zero-order valence-corrected chi connectivity index (χ0v) is 16.1. The number of nitrogens with zero attached hydrogens (tertiary/aromatic N) is 1. The number of thioether (sulfide) groups is 1. The van der Waals surface area contributed by atoms with Crippen LogP contribution in [-0.4, -0.2) is 37.7 Å². The summed E-state index contributed by atoms with van der Waals surface area (Å²) in [5, 5.41) is 2.98. The Morgan fingerprint density at radius 2 is 1.68 bits per heavy atom. The smallest absolute Gasteiger partial charge is 0.446 e. The molecule has 1 saturated heterocycles. The molecule has 2 aromatic carbocycles. The van der Waals surface area contributed by atoms with Crippen molar-refractivity contribution < 1.29 is 22.7 Å². The first-order valence-electron chi connectivity index (χ1n) is 8.90. The van der Waals surface area contributed by atoms with E-state index in [0.29, 0.717) is 5.56 Å². The molecule has 0 atom stereocenters. The van der Waals surface area contributed by atoms with Crippen molar-refractivity contribution in [3.8, 4) is 5.75 Å². The van der Waals surface area contributed by atoms with E-state index in [1.807, 2.05) is 24.3 Å². The predicted molar refractivity (Wildman–Crippen MR) is 104 cm³/mol. The highest BCUT2D eigenvalue weighted by Crippen LogP contribution is 2.36. The molecule has 28 heavy (non-hydrogen) atoms. The number of halogens is 3. The lowest BCUT2D eigenvalue weighted by Gasteiger charge is -2.34. The number of anilines is 1. The van der Waals surface area contributed by atoms with Crippen LogP contribution in [0.1, 0.15) is 23.2 Å². The number of methoxy groups -OCH3 is 1. The van der Waals surface area contributed by atoms with E-state index in [4.69, 9.17) is 4.74 Å². The van der Waals surface area contributed by atoms with Crippen LogP contribution in [0, 0.1) is 0 Å². The highest BCUT2D eigenvalue weighted by Gasteiger charge is 2.29. The predicted octanol–water partition coefficient (Wildman–Crippen LogP) is 4.71. The topological polar surface area (TPSA) is 41.6 Å². The molecule has 4 nitrogen and oxygen atoms in total. The van der Waals surface area contributed by atoms with Gasteiger partial charge in [0.25, 0.3) is 5.91 Å². The van der Waals surface area contributed by atoms with Crippen molar-refractivity contribution in [1.82, 2.24) is 5.32 Å². The Morgan fingerprint density at radius 3 is 2.21 bits per heavy atom. The number of piperidine rings is 1. The molecule has 0 bridgehead atoms. The fourth-order valence-corrected chi connectivity index (χ4v) is 3.69. The number of alkyl halides is 3. The standard InChI is InChI=1S/C20H21F3N2O2S/c1-27-17-6-4-16(5-7-17)25-12-10-15(11-13-25)24-19(26)14-2-8-18(9-3-14)28-20(21,22)23/h2-9,15H,10-13H2,1H3,(H,24,26). The van der Waals surface area contributed by atoms with Crippen molar-refractivity contribution in [1.29, 1.82) is 0 Å². The number of rotatable bonds is 5. The number of hydrogen-bond acceptors (Lipinski definition) is 4. The molecule has 2 aromatic rings. The van der Waals surface area contributed by atoms with E-state index in [2.05, 4.69) is 10.2 Å². The highest BCUT2D eigenvalue weighted by molar-refractivity contribution is 8.00. The molecule has 1 amide bonds. The minimum atomic E-state index is -4.33. The molecule has 3 rings (SSSR count). The van der Waals surface area contributed by atoms with Crippen molar-refractivity contribution in [3.63, 3.8) is 0 Å². The third kappa shape index (κ3) is 5.58. The van der Waals surface area contributed by atoms with E-state index in [1.165, 1.54) is 24.3 Å². The van der Waals surface area contributed by atoms with Gasteiger partial charge in [-0.05, 0) is 73.1 Å². The monoisotopic (exact) mass is 410 g/mol. The average Bonchev–Trinajstić information content (AvgIpc) is 2.68. The first-order chi connectivity index (χ1) is 13.3. The van der Waals surface area contributed by atoms with E-state index >= 15 is 0 Å². The first kappa shape index (κ1) is 20.4. The van der Waals surface area contributed by atoms with Crippen LogP contribution in [0.2, 0.25) is 0 Å². The SMILES string of the molecule is COc1ccc(N2CCC(NC(=O)c3ccc(SC(F)(F)F)cc3)CC2)cc1. The molecule has 0 aliphatic carbocycles. The number of carbonyl (C=O) groups is 1. The van der Waals surface area contributed by atoms with Gasteiger partial charge in [0.2, 0.25) is 0 Å². The van der Waals surface area contributed by atoms with E-state index in [1.54, 1.807) is 7.11 Å². The van der Waals surface area contributed by atoms with E-state index in [0.717, 1.165) is 37.4 Å². The Balaban J connectivity index is 1.50. The molecule has 0 unspecified atom stereocenters. The average molecular weight is 410 g/mol. The first-order valence-corrected chi connectivity index (χ1v) is 9.71. The van der Waals surface area contributed by atoms with Crippen LogP contribution in [0.15, 0.2) is 53.4 Å². The lowest BCUT2D eigenvalue weighted by molar-refractivity contribution is -0.0328. The molecule has 1 aliphatic heterocycles. The number of ether oxygens (including phenoxy) is 1. The molecule has 8 heteroatoms. The summed E-state index contributed by atoms with van der Waals surface area (Å²) in [4.78, 5) is 14.7. The fourth-order valence-electron chi connectivity index (χ4n) is 3.15. The summed E-state index contributed by atoms with van der Waals surface area (Å²) < 4.78 is 42.3. The number of nitrogens with one attached hydrogen (secondary N) is 1. The van der Waals surface area contributed by atoms with Crippen LogP contribution in [-0.2, 0) is 0 Å². The summed E-state index contributed by atoms with van der Waals surface area (Å²) in [6.45, 7) is 1.64. The maximum atomic E-state index is 12.4. The Bertz CT molecular complexity index is 787. The summed E-state index contributed by atoms with van der Waals surface area (Å²) >= 11 is -0.188. The number of hydrogen-bond donors (Lipinski definition) is 1. The Kier molecular flexibility index (Phi) is 6.39. The second-order valence-electron chi connectivity index (χ2n) is 6.50. The van der Waals surface area contributed by atoms with Crippen LogP contribution in [0.25, 0.3) is 0 Å². The van der Waals surface area contributed by atoms with Gasteiger partial charge in [-0.3, -0.25) is 4.79 Å². The van der Waals surface area contributed by atoms with Gasteiger partial charge in [-0.2, -0.15) is 13.2 Å². The van der Waals surface area contributed by atoms with Gasteiger partial charge in [0, 0.05) is 35.3 Å². The molecule has 1 aliphatic rings. The van der Waals surface area contributed by atoms with Gasteiger partial charge < -0.3 is 15.0 Å². The molecule has 1 fully saturated rings. The third-order valence-corrected chi connectivity index (χ3v) is 5.36. The molecule has 1 N–H and O–H groups in total. The van der Waals surface area contributed by atoms with Gasteiger partial charge >= 0.3 is 5.51 Å². The molecule has 1 heterocycles. The van der Waals surface area contributed by atoms with Crippen LogP contribution >= 0.6 is 11.8 Å². The second kappa shape index (κ2) is 8.77. The second-order valence-corrected chi connectivity index (χ2v) is 7.64. The molecular formula is C20H21F3N2O2S. The van der Waals surface area contributed by atoms with Crippen LogP contribution < -0.4 is 15.0 Å². The summed E-state index contributed by atoms with van der Waals surface area (Å²) in [6, 6.07) is 13.4. The van der Waals surface area contributed by atoms with Crippen molar-refractivity contribution in [2.24, 2.45) is 0 Å². The zero-order chi connectivity index (χ0) is 20.1. The maximum Gasteiger partial charge on any atom is 0.446 e. The Hall–Kier alpha value is -2.35. The number of benzene rings is 2. The van der Waals surface area contributed by atoms with Crippen molar-refractivity contribution in [2.75, 3.05) is 25.1 Å². The Labute approximate surface area is 166 Å². The Morgan fingerprint density at radius 1 is 1.07 bits per heavy atom. The third-order valence-electron chi connectivity index (χ3n) is 4.62. The summed E-state index contributed by atoms with van der Waals surface area (Å²) in [5.41, 5.74) is -2.85. The van der Waals surface area contributed by atoms with Gasteiger partial charge in [-0.1, -0.05) is 0 Å². The minimum Gasteiger partial charge on any atom is -0.497 e. The van der Waals surface area contributed by atoms with Crippen LogP contribution in [0.5, 0.6) is 5.75 Å². The van der Waals surface area contributed by atoms with E-state index in [-0.39, 0.29) is 28.6 Å². The maximum absolute atomic E-state index is 12.4. The summed E-state index contributed by atoms with van der Waals surface area (Å²) in [6.07, 6.45) is 1.61. The zero-order valence-electron chi connectivity index (χ0n) is 15.3. The summed E-state index contributed by atoms with van der Waals surface area (Å²) in [7, 11) is 1.63. The lowest BCUT2D eigenvalue weighted by Crippen LogP contribution is -2.44. The largest absolute Gasteiger partial charge is 0.497 e. The van der Waals surface area contributed by atoms with Gasteiger partial charge in [0.15, 0.2) is 0 Å². The van der Waals surface area contributed by atoms with Crippen LogP contribution in [0.3, 0.4) is 0 Å². The van der Waals surface area contributed by atoms with Crippen molar-refractivity contribution in [2.45, 2.75) is 29.3 Å². The molecular weight excluding hydrogens is 389 g/mol. The van der Waals surface area contributed by atoms with Crippen LogP contribution in [0.4, 0.5) is 18.9 Å². The van der Waals surface area contributed by atoms with Crippen molar-refractivity contribution in [3.05, 3.63) is 54.1 Å². The van der Waals surface area contributed by atoms with E-state index in [9.17, 15) is 18.0 Å². The molecule has 0 saturated carbocycles. The molecule has 0 aromatic heterocycles. The molecule has 0 radical (unpaired) electrons. The molecule has 0 spiro atoms. The normalized spacial score (nSPS) is 15.4. The fraction of sp³-hybridized carbons (Fsp3) is 0.350.